The number of amides is 2. The van der Waals surface area contributed by atoms with Gasteiger partial charge in [-0.25, -0.2) is 0 Å². The lowest BCUT2D eigenvalue weighted by Crippen LogP contribution is -2.50. The SMILES string of the molecule is Cc1ccc(CN2C(=O)[C@]3(SCCN3C(=O)c3cccc(Cl)c3)c3ccccc32)cc1. The van der Waals surface area contributed by atoms with Gasteiger partial charge < -0.3 is 9.80 Å². The highest BCUT2D eigenvalue weighted by Gasteiger charge is 2.59. The third kappa shape index (κ3) is 3.24. The third-order valence-corrected chi connectivity index (χ3v) is 7.53. The molecule has 0 radical (unpaired) electrons. The number of anilines is 1. The number of carbonyl (C=O) groups is 2. The summed E-state index contributed by atoms with van der Waals surface area (Å²) in [5.74, 6) is 0.463. The zero-order chi connectivity index (χ0) is 21.6. The highest BCUT2D eigenvalue weighted by Crippen LogP contribution is 2.54. The average Bonchev–Trinajstić information content (AvgIpc) is 3.32. The van der Waals surface area contributed by atoms with Gasteiger partial charge in [-0.2, -0.15) is 0 Å². The van der Waals surface area contributed by atoms with Crippen molar-refractivity contribution in [3.63, 3.8) is 0 Å². The van der Waals surface area contributed by atoms with Gasteiger partial charge >= 0.3 is 0 Å². The molecule has 156 valence electrons. The molecule has 0 N–H and O–H groups in total. The smallest absolute Gasteiger partial charge is 0.268 e. The van der Waals surface area contributed by atoms with Crippen LogP contribution in [0.1, 0.15) is 27.0 Å². The molecule has 31 heavy (non-hydrogen) atoms. The molecule has 0 saturated carbocycles. The lowest BCUT2D eigenvalue weighted by atomic mass is 10.0. The van der Waals surface area contributed by atoms with E-state index in [-0.39, 0.29) is 11.8 Å². The Hall–Kier alpha value is -2.76. The van der Waals surface area contributed by atoms with Crippen molar-refractivity contribution >= 4 is 40.9 Å². The molecule has 0 aromatic heterocycles. The molecule has 2 aliphatic heterocycles. The van der Waals surface area contributed by atoms with E-state index in [4.69, 9.17) is 11.6 Å². The first kappa shape index (κ1) is 20.2. The van der Waals surface area contributed by atoms with Gasteiger partial charge in [0.15, 0.2) is 4.87 Å². The van der Waals surface area contributed by atoms with Crippen LogP contribution in [-0.2, 0) is 16.2 Å². The molecule has 1 saturated heterocycles. The van der Waals surface area contributed by atoms with Crippen LogP contribution in [0.25, 0.3) is 0 Å². The number of carbonyl (C=O) groups excluding carboxylic acids is 2. The summed E-state index contributed by atoms with van der Waals surface area (Å²) in [5, 5.41) is 0.505. The van der Waals surface area contributed by atoms with E-state index in [1.54, 1.807) is 29.2 Å². The van der Waals surface area contributed by atoms with Crippen LogP contribution < -0.4 is 4.90 Å². The number of para-hydroxylation sites is 1. The van der Waals surface area contributed by atoms with Crippen LogP contribution in [0.2, 0.25) is 5.02 Å². The van der Waals surface area contributed by atoms with Crippen LogP contribution in [0.15, 0.2) is 72.8 Å². The first-order chi connectivity index (χ1) is 15.0. The van der Waals surface area contributed by atoms with E-state index >= 15 is 0 Å². The Balaban J connectivity index is 1.57. The van der Waals surface area contributed by atoms with E-state index < -0.39 is 4.87 Å². The van der Waals surface area contributed by atoms with Crippen LogP contribution in [0.3, 0.4) is 0 Å². The molecular formula is C25H21ClN2O2S. The molecule has 1 atom stereocenters. The van der Waals surface area contributed by atoms with Crippen molar-refractivity contribution in [1.29, 1.82) is 0 Å². The lowest BCUT2D eigenvalue weighted by molar-refractivity contribution is -0.123. The van der Waals surface area contributed by atoms with Gasteiger partial charge in [-0.1, -0.05) is 65.7 Å². The summed E-state index contributed by atoms with van der Waals surface area (Å²) in [7, 11) is 0. The van der Waals surface area contributed by atoms with Crippen molar-refractivity contribution in [2.45, 2.75) is 18.3 Å². The minimum absolute atomic E-state index is 0.0628. The van der Waals surface area contributed by atoms with Gasteiger partial charge in [0, 0.05) is 28.4 Å². The van der Waals surface area contributed by atoms with Crippen LogP contribution in [-0.4, -0.2) is 29.0 Å². The minimum Gasteiger partial charge on any atom is -0.311 e. The van der Waals surface area contributed by atoms with E-state index in [9.17, 15) is 9.59 Å². The molecular weight excluding hydrogens is 428 g/mol. The fourth-order valence-electron chi connectivity index (χ4n) is 4.38. The molecule has 0 aliphatic carbocycles. The molecule has 2 aliphatic rings. The summed E-state index contributed by atoms with van der Waals surface area (Å²) in [6, 6.07) is 22.9. The summed E-state index contributed by atoms with van der Waals surface area (Å²) >= 11 is 7.67. The summed E-state index contributed by atoms with van der Waals surface area (Å²) in [5.41, 5.74) is 4.48. The fraction of sp³-hybridized carbons (Fsp3) is 0.200. The van der Waals surface area contributed by atoms with Gasteiger partial charge in [0.1, 0.15) is 0 Å². The Bertz CT molecular complexity index is 1180. The van der Waals surface area contributed by atoms with Gasteiger partial charge in [-0.3, -0.25) is 9.59 Å². The van der Waals surface area contributed by atoms with E-state index in [1.165, 1.54) is 17.3 Å². The van der Waals surface area contributed by atoms with Crippen molar-refractivity contribution in [2.75, 3.05) is 17.2 Å². The van der Waals surface area contributed by atoms with Crippen molar-refractivity contribution in [3.05, 3.63) is 100 Å². The molecule has 2 amide bonds. The quantitative estimate of drug-likeness (QED) is 0.550. The zero-order valence-corrected chi connectivity index (χ0v) is 18.6. The minimum atomic E-state index is -1.04. The number of halogens is 1. The number of aryl methyl sites for hydroxylation is 1. The molecule has 3 aromatic carbocycles. The predicted octanol–water partition coefficient (Wildman–Crippen LogP) is 5.24. The van der Waals surface area contributed by atoms with Gasteiger partial charge in [0.2, 0.25) is 0 Å². The van der Waals surface area contributed by atoms with E-state index in [1.807, 2.05) is 48.2 Å². The highest BCUT2D eigenvalue weighted by atomic mass is 35.5. The molecule has 2 heterocycles. The highest BCUT2D eigenvalue weighted by molar-refractivity contribution is 8.01. The van der Waals surface area contributed by atoms with Crippen LogP contribution >= 0.6 is 23.4 Å². The third-order valence-electron chi connectivity index (χ3n) is 5.88. The fourth-order valence-corrected chi connectivity index (χ4v) is 6.03. The van der Waals surface area contributed by atoms with Crippen LogP contribution in [0.4, 0.5) is 5.69 Å². The molecule has 1 spiro atoms. The average molecular weight is 449 g/mol. The van der Waals surface area contributed by atoms with Crippen molar-refractivity contribution in [3.8, 4) is 0 Å². The van der Waals surface area contributed by atoms with Gasteiger partial charge in [-0.15, -0.1) is 11.8 Å². The maximum Gasteiger partial charge on any atom is 0.268 e. The summed E-state index contributed by atoms with van der Waals surface area (Å²) in [4.78, 5) is 30.0. The van der Waals surface area contributed by atoms with Gasteiger partial charge in [-0.05, 0) is 36.8 Å². The van der Waals surface area contributed by atoms with E-state index in [2.05, 4.69) is 12.1 Å². The number of fused-ring (bicyclic) bond motifs is 2. The van der Waals surface area contributed by atoms with Crippen molar-refractivity contribution in [1.82, 2.24) is 4.90 Å². The number of hydrogen-bond donors (Lipinski definition) is 0. The van der Waals surface area contributed by atoms with Gasteiger partial charge in [0.05, 0.1) is 12.2 Å². The van der Waals surface area contributed by atoms with Crippen molar-refractivity contribution < 1.29 is 9.59 Å². The molecule has 0 unspecified atom stereocenters. The summed E-state index contributed by atoms with van der Waals surface area (Å²) in [6.45, 7) is 3.02. The van der Waals surface area contributed by atoms with E-state index in [0.29, 0.717) is 29.4 Å². The number of nitrogens with zero attached hydrogens (tertiary/aromatic N) is 2. The molecule has 6 heteroatoms. The number of hydrogen-bond acceptors (Lipinski definition) is 3. The maximum atomic E-state index is 14.0. The normalized spacial score (nSPS) is 19.9. The Kier molecular flexibility index (Phi) is 5.03. The zero-order valence-electron chi connectivity index (χ0n) is 17.0. The summed E-state index contributed by atoms with van der Waals surface area (Å²) < 4.78 is 0. The monoisotopic (exact) mass is 448 g/mol. The number of thioether (sulfide) groups is 1. The van der Waals surface area contributed by atoms with Crippen LogP contribution in [0, 0.1) is 6.92 Å². The Morgan fingerprint density at radius 2 is 1.84 bits per heavy atom. The first-order valence-corrected chi connectivity index (χ1v) is 11.6. The van der Waals surface area contributed by atoms with Crippen LogP contribution in [0.5, 0.6) is 0 Å². The first-order valence-electron chi connectivity index (χ1n) is 10.2. The number of rotatable bonds is 3. The topological polar surface area (TPSA) is 40.6 Å². The largest absolute Gasteiger partial charge is 0.311 e. The van der Waals surface area contributed by atoms with Crippen molar-refractivity contribution in [2.24, 2.45) is 0 Å². The second-order valence-corrected chi connectivity index (χ2v) is 9.58. The molecule has 1 fully saturated rings. The predicted molar refractivity (Wildman–Crippen MR) is 125 cm³/mol. The standard InChI is InChI=1S/C25H21ClN2O2S/c1-17-9-11-18(12-10-17)16-27-22-8-3-2-7-21(22)25(24(27)30)28(13-14-31-25)23(29)19-5-4-6-20(26)15-19/h2-12,15H,13-14,16H2,1H3/t25-/m1/s1. The maximum absolute atomic E-state index is 14.0. The molecule has 5 rings (SSSR count). The molecule has 0 bridgehead atoms. The summed E-state index contributed by atoms with van der Waals surface area (Å²) in [6.07, 6.45) is 0. The second kappa shape index (κ2) is 7.74. The second-order valence-electron chi connectivity index (χ2n) is 7.85. The van der Waals surface area contributed by atoms with E-state index in [0.717, 1.165) is 16.8 Å². The van der Waals surface area contributed by atoms with Gasteiger partial charge in [0.25, 0.3) is 11.8 Å². The Labute approximate surface area is 190 Å². The Morgan fingerprint density at radius 1 is 1.06 bits per heavy atom. The molecule has 4 nitrogen and oxygen atoms in total. The Morgan fingerprint density at radius 3 is 2.61 bits per heavy atom. The molecule has 3 aromatic rings. The lowest BCUT2D eigenvalue weighted by Gasteiger charge is -2.33. The number of benzene rings is 3.